The van der Waals surface area contributed by atoms with E-state index < -0.39 is 0 Å². The van der Waals surface area contributed by atoms with E-state index >= 15 is 0 Å². The van der Waals surface area contributed by atoms with Crippen molar-refractivity contribution >= 4 is 56.8 Å². The van der Waals surface area contributed by atoms with E-state index in [1.807, 2.05) is 60.7 Å². The van der Waals surface area contributed by atoms with Crippen LogP contribution < -0.4 is 10.2 Å². The molecule has 1 N–H and O–H groups in total. The van der Waals surface area contributed by atoms with Crippen molar-refractivity contribution in [2.24, 2.45) is 4.99 Å². The minimum absolute atomic E-state index is 0.0709. The predicted octanol–water partition coefficient (Wildman–Crippen LogP) is 5.61. The standard InChI is InChI=1S/C27H22N4O2S2/c28-16-21-20-13-7-8-14-23(20)35-25(21)30-24(32)17-34-27-29-22(15-18-9-3-1-4-10-18)26(33)31(27)19-11-5-2-6-12-19/h1-6,9-12,15H,7-8,13-14,17H2,(H,30,32). The largest absolute Gasteiger partial charge is 0.316 e. The highest BCUT2D eigenvalue weighted by molar-refractivity contribution is 8.14. The molecule has 35 heavy (non-hydrogen) atoms. The van der Waals surface area contributed by atoms with E-state index in [1.54, 1.807) is 6.08 Å². The molecule has 2 amide bonds. The molecular formula is C27H22N4O2S2. The summed E-state index contributed by atoms with van der Waals surface area (Å²) in [6.45, 7) is 0. The highest BCUT2D eigenvalue weighted by Gasteiger charge is 2.32. The fourth-order valence-corrected chi connectivity index (χ4v) is 6.24. The molecule has 174 valence electrons. The molecule has 2 aromatic carbocycles. The number of carbonyl (C=O) groups is 2. The number of amidine groups is 1. The van der Waals surface area contributed by atoms with Crippen LogP contribution in [0.3, 0.4) is 0 Å². The average molecular weight is 499 g/mol. The smallest absolute Gasteiger partial charge is 0.283 e. The van der Waals surface area contributed by atoms with Crippen molar-refractivity contribution < 1.29 is 9.59 Å². The maximum Gasteiger partial charge on any atom is 0.283 e. The first-order valence-corrected chi connectivity index (χ1v) is 13.2. The molecule has 0 fully saturated rings. The van der Waals surface area contributed by atoms with Gasteiger partial charge >= 0.3 is 0 Å². The number of fused-ring (bicyclic) bond motifs is 1. The van der Waals surface area contributed by atoms with Crippen LogP contribution in [0.4, 0.5) is 10.7 Å². The van der Waals surface area contributed by atoms with Crippen LogP contribution in [0.1, 0.15) is 34.4 Å². The van der Waals surface area contributed by atoms with Gasteiger partial charge in [0.05, 0.1) is 17.0 Å². The van der Waals surface area contributed by atoms with Crippen molar-refractivity contribution in [2.45, 2.75) is 25.7 Å². The molecule has 0 saturated heterocycles. The molecule has 3 aromatic rings. The zero-order chi connectivity index (χ0) is 24.2. The molecule has 0 radical (unpaired) electrons. The number of nitrogens with zero attached hydrogens (tertiary/aromatic N) is 3. The van der Waals surface area contributed by atoms with Gasteiger partial charge in [-0.15, -0.1) is 11.3 Å². The van der Waals surface area contributed by atoms with E-state index in [2.05, 4.69) is 16.4 Å². The quantitative estimate of drug-likeness (QED) is 0.463. The first kappa shape index (κ1) is 23.1. The molecule has 0 spiro atoms. The lowest BCUT2D eigenvalue weighted by molar-refractivity contribution is -0.114. The Kier molecular flexibility index (Phi) is 6.80. The van der Waals surface area contributed by atoms with E-state index in [9.17, 15) is 14.9 Å². The Hall–Kier alpha value is -3.67. The number of amides is 2. The van der Waals surface area contributed by atoms with Crippen molar-refractivity contribution in [1.29, 1.82) is 5.26 Å². The first-order valence-electron chi connectivity index (χ1n) is 11.4. The number of thiophene rings is 1. The molecule has 0 unspecified atom stereocenters. The summed E-state index contributed by atoms with van der Waals surface area (Å²) < 4.78 is 0. The molecule has 0 bridgehead atoms. The lowest BCUT2D eigenvalue weighted by Crippen LogP contribution is -2.31. The van der Waals surface area contributed by atoms with Crippen molar-refractivity contribution in [1.82, 2.24) is 0 Å². The summed E-state index contributed by atoms with van der Waals surface area (Å²) in [5.41, 5.74) is 3.57. The molecule has 5 rings (SSSR count). The minimum atomic E-state index is -0.236. The number of nitriles is 1. The van der Waals surface area contributed by atoms with Gasteiger partial charge in [0.25, 0.3) is 5.91 Å². The Morgan fingerprint density at radius 2 is 1.83 bits per heavy atom. The van der Waals surface area contributed by atoms with Gasteiger partial charge in [-0.2, -0.15) is 5.26 Å². The van der Waals surface area contributed by atoms with Crippen LogP contribution in [0.25, 0.3) is 6.08 Å². The van der Waals surface area contributed by atoms with Crippen molar-refractivity contribution in [3.63, 3.8) is 0 Å². The Labute approximate surface area is 212 Å². The normalized spacial score (nSPS) is 16.1. The van der Waals surface area contributed by atoms with Gasteiger partial charge in [-0.05, 0) is 55.0 Å². The van der Waals surface area contributed by atoms with Crippen LogP contribution in [0.5, 0.6) is 0 Å². The monoisotopic (exact) mass is 498 g/mol. The van der Waals surface area contributed by atoms with Gasteiger partial charge in [-0.25, -0.2) is 4.99 Å². The molecule has 1 aliphatic carbocycles. The topological polar surface area (TPSA) is 85.6 Å². The third kappa shape index (κ3) is 4.92. The van der Waals surface area contributed by atoms with Gasteiger partial charge in [0, 0.05) is 4.88 Å². The number of hydrogen-bond donors (Lipinski definition) is 1. The van der Waals surface area contributed by atoms with Gasteiger partial charge in [-0.3, -0.25) is 14.5 Å². The summed E-state index contributed by atoms with van der Waals surface area (Å²) >= 11 is 2.71. The fraction of sp³-hybridized carbons (Fsp3) is 0.185. The summed E-state index contributed by atoms with van der Waals surface area (Å²) in [4.78, 5) is 33.4. The molecule has 6 nitrogen and oxygen atoms in total. The van der Waals surface area contributed by atoms with Gasteiger partial charge in [0.1, 0.15) is 16.8 Å². The maximum atomic E-state index is 13.2. The molecular weight excluding hydrogens is 476 g/mol. The SMILES string of the molecule is N#Cc1c(NC(=O)CSC2=NC(=Cc3ccccc3)C(=O)N2c2ccccc2)sc2c1CCCC2. The third-order valence-corrected chi connectivity index (χ3v) is 7.96. The molecule has 1 aliphatic heterocycles. The number of carbonyl (C=O) groups excluding carboxylic acids is 2. The van der Waals surface area contributed by atoms with Gasteiger partial charge < -0.3 is 5.32 Å². The number of anilines is 2. The van der Waals surface area contributed by atoms with E-state index in [0.29, 0.717) is 27.1 Å². The molecule has 2 heterocycles. The number of nitrogens with one attached hydrogen (secondary N) is 1. The zero-order valence-electron chi connectivity index (χ0n) is 18.9. The van der Waals surface area contributed by atoms with Gasteiger partial charge in [0.2, 0.25) is 5.91 Å². The van der Waals surface area contributed by atoms with Gasteiger partial charge in [0.15, 0.2) is 5.17 Å². The lowest BCUT2D eigenvalue weighted by atomic mass is 9.96. The van der Waals surface area contributed by atoms with Crippen LogP contribution in [0.15, 0.2) is 71.4 Å². The highest BCUT2D eigenvalue weighted by atomic mass is 32.2. The summed E-state index contributed by atoms with van der Waals surface area (Å²) in [5, 5.41) is 13.6. The summed E-state index contributed by atoms with van der Waals surface area (Å²) in [7, 11) is 0. The number of hydrogen-bond acceptors (Lipinski definition) is 6. The number of para-hydroxylation sites is 1. The first-order chi connectivity index (χ1) is 17.1. The van der Waals surface area contributed by atoms with Crippen LogP contribution in [0, 0.1) is 11.3 Å². The van der Waals surface area contributed by atoms with Crippen molar-refractivity contribution in [3.8, 4) is 6.07 Å². The molecule has 0 saturated carbocycles. The Morgan fingerprint density at radius 3 is 2.57 bits per heavy atom. The number of thioether (sulfide) groups is 1. The van der Waals surface area contributed by atoms with Crippen LogP contribution in [-0.2, 0) is 22.4 Å². The molecule has 0 atom stereocenters. The number of rotatable bonds is 5. The fourth-order valence-electron chi connectivity index (χ4n) is 4.17. The van der Waals surface area contributed by atoms with Gasteiger partial charge in [-0.1, -0.05) is 60.3 Å². The lowest BCUT2D eigenvalue weighted by Gasteiger charge is -2.17. The third-order valence-electron chi connectivity index (χ3n) is 5.82. The second kappa shape index (κ2) is 10.3. The Bertz CT molecular complexity index is 1370. The van der Waals surface area contributed by atoms with Crippen LogP contribution >= 0.6 is 23.1 Å². The summed E-state index contributed by atoms with van der Waals surface area (Å²) in [6.07, 6.45) is 5.79. The molecule has 8 heteroatoms. The average Bonchev–Trinajstić information content (AvgIpc) is 3.40. The molecule has 2 aliphatic rings. The van der Waals surface area contributed by atoms with E-state index in [0.717, 1.165) is 36.8 Å². The molecule has 1 aromatic heterocycles. The van der Waals surface area contributed by atoms with E-state index in [1.165, 1.54) is 32.9 Å². The number of aliphatic imine (C=N–C) groups is 1. The maximum absolute atomic E-state index is 13.2. The predicted molar refractivity (Wildman–Crippen MR) is 143 cm³/mol. The second-order valence-corrected chi connectivity index (χ2v) is 10.2. The Morgan fingerprint density at radius 1 is 1.11 bits per heavy atom. The zero-order valence-corrected chi connectivity index (χ0v) is 20.5. The minimum Gasteiger partial charge on any atom is -0.316 e. The number of benzene rings is 2. The van der Waals surface area contributed by atoms with Crippen LogP contribution in [0.2, 0.25) is 0 Å². The summed E-state index contributed by atoms with van der Waals surface area (Å²) in [6, 6.07) is 21.1. The van der Waals surface area contributed by atoms with E-state index in [4.69, 9.17) is 0 Å². The van der Waals surface area contributed by atoms with Crippen molar-refractivity contribution in [2.75, 3.05) is 16.0 Å². The number of aryl methyl sites for hydroxylation is 1. The summed E-state index contributed by atoms with van der Waals surface area (Å²) in [5.74, 6) is -0.393. The van der Waals surface area contributed by atoms with Crippen molar-refractivity contribution in [3.05, 3.63) is 87.9 Å². The van der Waals surface area contributed by atoms with E-state index in [-0.39, 0.29) is 17.6 Å². The highest BCUT2D eigenvalue weighted by Crippen LogP contribution is 2.38. The van der Waals surface area contributed by atoms with Crippen LogP contribution in [-0.4, -0.2) is 22.7 Å². The second-order valence-electron chi connectivity index (χ2n) is 8.17. The Balaban J connectivity index is 1.35.